The molecule has 2 aliphatic rings. The molecule has 0 aromatic carbocycles. The molecule has 0 radical (unpaired) electrons. The fraction of sp³-hybridized carbons (Fsp3) is 1.00. The molecule has 0 spiro atoms. The molecule has 0 aromatic rings. The Morgan fingerprint density at radius 1 is 1.36 bits per heavy atom. The molecule has 2 saturated heterocycles. The minimum atomic E-state index is 0.419. The second-order valence-corrected chi connectivity index (χ2v) is 3.52. The highest BCUT2D eigenvalue weighted by Gasteiger charge is 2.34. The van der Waals surface area contributed by atoms with Crippen molar-refractivity contribution in [3.8, 4) is 0 Å². The van der Waals surface area contributed by atoms with E-state index in [0.717, 1.165) is 13.2 Å². The lowest BCUT2D eigenvalue weighted by atomic mass is 10.1. The summed E-state index contributed by atoms with van der Waals surface area (Å²) in [5.74, 6) is 0.682. The molecule has 0 bridgehead atoms. The van der Waals surface area contributed by atoms with Gasteiger partial charge in [0.25, 0.3) is 0 Å². The highest BCUT2D eigenvalue weighted by Crippen LogP contribution is 2.14. The Hall–Kier alpha value is -0.160. The normalized spacial score (nSPS) is 45.8. The molecular formula is C7H16N4. The molecule has 3 atom stereocenters. The lowest BCUT2D eigenvalue weighted by molar-refractivity contribution is 0.0845. The maximum atomic E-state index is 3.48. The van der Waals surface area contributed by atoms with Crippen molar-refractivity contribution in [2.24, 2.45) is 5.92 Å². The second-order valence-electron chi connectivity index (χ2n) is 3.52. The van der Waals surface area contributed by atoms with E-state index in [4.69, 9.17) is 0 Å². The quantitative estimate of drug-likeness (QED) is 0.432. The maximum Gasteiger partial charge on any atom is 0.0798 e. The Morgan fingerprint density at radius 3 is 2.91 bits per heavy atom. The summed E-state index contributed by atoms with van der Waals surface area (Å²) in [5, 5.41) is 9.07. The lowest BCUT2D eigenvalue weighted by Gasteiger charge is -2.33. The lowest BCUT2D eigenvalue weighted by Crippen LogP contribution is -2.55. The van der Waals surface area contributed by atoms with Crippen LogP contribution in [0.15, 0.2) is 0 Å². The third-order valence-electron chi connectivity index (χ3n) is 2.40. The number of nitrogens with one attached hydrogen (secondary N) is 3. The van der Waals surface area contributed by atoms with Gasteiger partial charge in [-0.05, 0) is 12.8 Å². The molecule has 2 rings (SSSR count). The van der Waals surface area contributed by atoms with E-state index in [1.807, 2.05) is 0 Å². The first-order valence-electron chi connectivity index (χ1n) is 4.27. The van der Waals surface area contributed by atoms with Crippen LogP contribution in [0.1, 0.15) is 13.8 Å². The molecule has 4 nitrogen and oxygen atoms in total. The third kappa shape index (κ3) is 1.27. The molecule has 4 heteroatoms. The van der Waals surface area contributed by atoms with E-state index in [1.54, 1.807) is 0 Å². The molecule has 0 saturated carbocycles. The minimum absolute atomic E-state index is 0.419. The van der Waals surface area contributed by atoms with Gasteiger partial charge in [0.2, 0.25) is 0 Å². The van der Waals surface area contributed by atoms with Crippen LogP contribution in [0.5, 0.6) is 0 Å². The van der Waals surface area contributed by atoms with E-state index in [9.17, 15) is 0 Å². The van der Waals surface area contributed by atoms with Gasteiger partial charge in [-0.25, -0.2) is 10.4 Å². The highest BCUT2D eigenvalue weighted by atomic mass is 15.7. The number of hydrogen-bond donors (Lipinski definition) is 3. The first-order chi connectivity index (χ1) is 5.27. The van der Waals surface area contributed by atoms with E-state index in [0.29, 0.717) is 18.2 Å². The SMILES string of the molecule is CC1NC2C(C)CNCN2N1. The van der Waals surface area contributed by atoms with Crippen LogP contribution >= 0.6 is 0 Å². The molecule has 0 amide bonds. The smallest absolute Gasteiger partial charge is 0.0798 e. The maximum absolute atomic E-state index is 3.48. The van der Waals surface area contributed by atoms with Crippen LogP contribution in [0.25, 0.3) is 0 Å². The average molecular weight is 156 g/mol. The number of fused-ring (bicyclic) bond motifs is 1. The number of rotatable bonds is 0. The number of hydrazine groups is 1. The summed E-state index contributed by atoms with van der Waals surface area (Å²) in [4.78, 5) is 0. The van der Waals surface area contributed by atoms with E-state index >= 15 is 0 Å². The van der Waals surface area contributed by atoms with Crippen molar-refractivity contribution in [1.82, 2.24) is 21.1 Å². The Bertz CT molecular complexity index is 149. The van der Waals surface area contributed by atoms with Gasteiger partial charge in [-0.1, -0.05) is 6.92 Å². The van der Waals surface area contributed by atoms with Crippen molar-refractivity contribution in [3.63, 3.8) is 0 Å². The van der Waals surface area contributed by atoms with Crippen molar-refractivity contribution in [1.29, 1.82) is 0 Å². The Morgan fingerprint density at radius 2 is 2.18 bits per heavy atom. The van der Waals surface area contributed by atoms with Crippen LogP contribution in [0, 0.1) is 5.92 Å². The van der Waals surface area contributed by atoms with Gasteiger partial charge in [-0.3, -0.25) is 5.32 Å². The third-order valence-corrected chi connectivity index (χ3v) is 2.40. The average Bonchev–Trinajstić information content (AvgIpc) is 2.31. The molecule has 2 heterocycles. The van der Waals surface area contributed by atoms with Crippen LogP contribution in [-0.4, -0.2) is 30.6 Å². The van der Waals surface area contributed by atoms with Gasteiger partial charge in [0, 0.05) is 6.54 Å². The fourth-order valence-electron chi connectivity index (χ4n) is 1.85. The van der Waals surface area contributed by atoms with Crippen LogP contribution in [0.2, 0.25) is 0 Å². The number of nitrogens with zero attached hydrogens (tertiary/aromatic N) is 1. The topological polar surface area (TPSA) is 39.3 Å². The van der Waals surface area contributed by atoms with Gasteiger partial charge >= 0.3 is 0 Å². The van der Waals surface area contributed by atoms with Crippen LogP contribution in [0.3, 0.4) is 0 Å². The molecule has 0 aliphatic carbocycles. The summed E-state index contributed by atoms with van der Waals surface area (Å²) in [6.45, 7) is 6.47. The van der Waals surface area contributed by atoms with E-state index in [-0.39, 0.29) is 0 Å². The molecule has 2 fully saturated rings. The van der Waals surface area contributed by atoms with Crippen molar-refractivity contribution in [2.45, 2.75) is 26.2 Å². The van der Waals surface area contributed by atoms with Gasteiger partial charge in [0.1, 0.15) is 0 Å². The van der Waals surface area contributed by atoms with Gasteiger partial charge < -0.3 is 5.32 Å². The standard InChI is InChI=1S/C7H16N4/c1-5-3-8-4-11-7(5)9-6(2)10-11/h5-10H,3-4H2,1-2H3. The van der Waals surface area contributed by atoms with Crippen molar-refractivity contribution >= 4 is 0 Å². The molecule has 64 valence electrons. The van der Waals surface area contributed by atoms with Crippen LogP contribution in [-0.2, 0) is 0 Å². The second kappa shape index (κ2) is 2.71. The molecule has 3 unspecified atom stereocenters. The van der Waals surface area contributed by atoms with Gasteiger partial charge in [-0.15, -0.1) is 0 Å². The van der Waals surface area contributed by atoms with E-state index in [2.05, 4.69) is 34.9 Å². The summed E-state index contributed by atoms with van der Waals surface area (Å²) in [5.41, 5.74) is 3.35. The first kappa shape index (κ1) is 7.49. The molecule has 3 N–H and O–H groups in total. The molecular weight excluding hydrogens is 140 g/mol. The summed E-state index contributed by atoms with van der Waals surface area (Å²) >= 11 is 0. The zero-order valence-electron chi connectivity index (χ0n) is 7.09. The summed E-state index contributed by atoms with van der Waals surface area (Å²) in [6, 6.07) is 0. The Balaban J connectivity index is 2.03. The summed E-state index contributed by atoms with van der Waals surface area (Å²) < 4.78 is 0. The van der Waals surface area contributed by atoms with E-state index < -0.39 is 0 Å². The van der Waals surface area contributed by atoms with Crippen LogP contribution < -0.4 is 16.1 Å². The minimum Gasteiger partial charge on any atom is -0.303 e. The molecule has 2 aliphatic heterocycles. The van der Waals surface area contributed by atoms with Crippen LogP contribution in [0.4, 0.5) is 0 Å². The van der Waals surface area contributed by atoms with Gasteiger partial charge in [0.15, 0.2) is 0 Å². The highest BCUT2D eigenvalue weighted by molar-refractivity contribution is 4.85. The summed E-state index contributed by atoms with van der Waals surface area (Å²) in [6.07, 6.45) is 0.939. The Kier molecular flexibility index (Phi) is 1.85. The van der Waals surface area contributed by atoms with Gasteiger partial charge in [-0.2, -0.15) is 0 Å². The molecule has 11 heavy (non-hydrogen) atoms. The first-order valence-corrected chi connectivity index (χ1v) is 4.27. The predicted molar refractivity (Wildman–Crippen MR) is 43.4 cm³/mol. The molecule has 0 aromatic heterocycles. The predicted octanol–water partition coefficient (Wildman–Crippen LogP) is -0.735. The summed E-state index contributed by atoms with van der Waals surface area (Å²) in [7, 11) is 0. The van der Waals surface area contributed by atoms with Gasteiger partial charge in [0.05, 0.1) is 19.0 Å². The monoisotopic (exact) mass is 156 g/mol. The van der Waals surface area contributed by atoms with Crippen molar-refractivity contribution < 1.29 is 0 Å². The van der Waals surface area contributed by atoms with E-state index in [1.165, 1.54) is 0 Å². The largest absolute Gasteiger partial charge is 0.303 e. The Labute approximate surface area is 67.3 Å². The van der Waals surface area contributed by atoms with Crippen molar-refractivity contribution in [2.75, 3.05) is 13.2 Å². The fourth-order valence-corrected chi connectivity index (χ4v) is 1.85. The number of hydrogen-bond acceptors (Lipinski definition) is 4. The zero-order valence-corrected chi connectivity index (χ0v) is 7.09. The van der Waals surface area contributed by atoms with Crippen molar-refractivity contribution in [3.05, 3.63) is 0 Å². The zero-order chi connectivity index (χ0) is 7.84.